The SMILES string of the molecule is C=CC(=O)N1CCN(c2nc(OCC3CCCN3C)nc3c2CC[C@@H](OCc2cc(F)ccc2C)C3=O)CC1CC#N. The molecule has 1 aromatic heterocycles. The Morgan fingerprint density at radius 2 is 2.07 bits per heavy atom. The normalized spacial score (nSPS) is 22.5. The maximum atomic E-state index is 13.8. The first-order chi connectivity index (χ1) is 20.3. The molecule has 0 spiro atoms. The number of piperazine rings is 1. The lowest BCUT2D eigenvalue weighted by atomic mass is 9.92. The van der Waals surface area contributed by atoms with Gasteiger partial charge in [-0.15, -0.1) is 0 Å². The van der Waals surface area contributed by atoms with E-state index in [9.17, 15) is 19.2 Å². The number of ether oxygens (including phenoxy) is 2. The van der Waals surface area contributed by atoms with Gasteiger partial charge in [-0.2, -0.15) is 15.2 Å². The van der Waals surface area contributed by atoms with Gasteiger partial charge < -0.3 is 24.2 Å². The van der Waals surface area contributed by atoms with Crippen molar-refractivity contribution in [1.82, 2.24) is 19.8 Å². The highest BCUT2D eigenvalue weighted by molar-refractivity contribution is 6.01. The van der Waals surface area contributed by atoms with E-state index in [1.165, 1.54) is 18.2 Å². The minimum absolute atomic E-state index is 0.111. The Morgan fingerprint density at radius 1 is 1.24 bits per heavy atom. The van der Waals surface area contributed by atoms with E-state index in [1.54, 1.807) is 11.0 Å². The van der Waals surface area contributed by atoms with Crippen molar-refractivity contribution in [2.24, 2.45) is 0 Å². The lowest BCUT2D eigenvalue weighted by Crippen LogP contribution is -2.55. The molecule has 2 unspecified atom stereocenters. The molecule has 2 fully saturated rings. The van der Waals surface area contributed by atoms with Crippen LogP contribution in [0.4, 0.5) is 10.2 Å². The Morgan fingerprint density at radius 3 is 2.81 bits per heavy atom. The van der Waals surface area contributed by atoms with Crippen LogP contribution < -0.4 is 9.64 Å². The molecule has 0 N–H and O–H groups in total. The summed E-state index contributed by atoms with van der Waals surface area (Å²) in [6.45, 7) is 8.24. The number of benzene rings is 1. The highest BCUT2D eigenvalue weighted by atomic mass is 19.1. The second-order valence-corrected chi connectivity index (χ2v) is 11.2. The number of nitrogens with zero attached hydrogens (tertiary/aromatic N) is 6. The van der Waals surface area contributed by atoms with Crippen LogP contribution in [0.1, 0.15) is 52.9 Å². The molecule has 3 aliphatic rings. The van der Waals surface area contributed by atoms with Crippen LogP contribution in [-0.2, 0) is 22.6 Å². The van der Waals surface area contributed by atoms with Gasteiger partial charge in [0.1, 0.15) is 30.0 Å². The Labute approximate surface area is 245 Å². The van der Waals surface area contributed by atoms with Gasteiger partial charge in [-0.05, 0) is 75.5 Å². The number of hydrogen-bond acceptors (Lipinski definition) is 9. The van der Waals surface area contributed by atoms with E-state index in [0.717, 1.165) is 24.9 Å². The minimum Gasteiger partial charge on any atom is -0.462 e. The van der Waals surface area contributed by atoms with Gasteiger partial charge in [-0.1, -0.05) is 12.6 Å². The number of fused-ring (bicyclic) bond motifs is 1. The molecule has 0 bridgehead atoms. The standard InChI is InChI=1S/C31H37FN6O4/c1-4-27(39)38-15-14-37(17-23(38)11-12-33)30-25-9-10-26(41-18-21-16-22(32)8-7-20(21)2)29(40)28(25)34-31(35-30)42-19-24-6-5-13-36(24)3/h4,7-8,16,23-24,26H,1,5-6,9-11,13-15,17-19H2,2-3H3/t23?,24?,26-/m1/s1. The molecule has 0 saturated carbocycles. The van der Waals surface area contributed by atoms with Crippen molar-refractivity contribution in [3.8, 4) is 12.1 Å². The van der Waals surface area contributed by atoms with E-state index in [-0.39, 0.29) is 54.3 Å². The summed E-state index contributed by atoms with van der Waals surface area (Å²) in [5.41, 5.74) is 2.56. The molecule has 1 aliphatic carbocycles. The molecule has 3 atom stereocenters. The van der Waals surface area contributed by atoms with Crippen molar-refractivity contribution in [2.75, 3.05) is 44.7 Å². The molecule has 222 valence electrons. The predicted octanol–water partition coefficient (Wildman–Crippen LogP) is 3.23. The molecule has 1 aromatic carbocycles. The smallest absolute Gasteiger partial charge is 0.319 e. The Kier molecular flexibility index (Phi) is 9.14. The third-order valence-electron chi connectivity index (χ3n) is 8.54. The van der Waals surface area contributed by atoms with Crippen LogP contribution in [0.5, 0.6) is 6.01 Å². The molecule has 2 aliphatic heterocycles. The van der Waals surface area contributed by atoms with Gasteiger partial charge in [0.05, 0.1) is 25.1 Å². The minimum atomic E-state index is -0.731. The first-order valence-electron chi connectivity index (χ1n) is 14.5. The second kappa shape index (κ2) is 13.0. The molecule has 3 heterocycles. The molecule has 5 rings (SSSR count). The van der Waals surface area contributed by atoms with E-state index in [4.69, 9.17) is 14.5 Å². The number of Topliss-reactive ketones (excluding diaryl/α,β-unsaturated/α-hetero) is 1. The van der Waals surface area contributed by atoms with Crippen molar-refractivity contribution in [3.63, 3.8) is 0 Å². The average molecular weight is 577 g/mol. The fourth-order valence-corrected chi connectivity index (χ4v) is 6.01. The van der Waals surface area contributed by atoms with E-state index in [2.05, 4.69) is 29.6 Å². The summed E-state index contributed by atoms with van der Waals surface area (Å²) in [4.78, 5) is 41.5. The van der Waals surface area contributed by atoms with Gasteiger partial charge >= 0.3 is 6.01 Å². The first kappa shape index (κ1) is 29.6. The summed E-state index contributed by atoms with van der Waals surface area (Å²) >= 11 is 0. The van der Waals surface area contributed by atoms with Crippen molar-refractivity contribution >= 4 is 17.5 Å². The van der Waals surface area contributed by atoms with Gasteiger partial charge in [-0.25, -0.2) is 4.39 Å². The Bertz CT molecular complexity index is 1390. The fraction of sp³-hybridized carbons (Fsp3) is 0.516. The van der Waals surface area contributed by atoms with Gasteiger partial charge in [0.15, 0.2) is 0 Å². The number of carbonyl (C=O) groups is 2. The zero-order chi connectivity index (χ0) is 29.8. The van der Waals surface area contributed by atoms with Crippen molar-refractivity contribution in [2.45, 2.75) is 63.8 Å². The number of aryl methyl sites for hydroxylation is 1. The third kappa shape index (κ3) is 6.30. The highest BCUT2D eigenvalue weighted by Gasteiger charge is 2.37. The zero-order valence-corrected chi connectivity index (χ0v) is 24.2. The van der Waals surface area contributed by atoms with Gasteiger partial charge in [0.25, 0.3) is 0 Å². The number of nitriles is 1. The van der Waals surface area contributed by atoms with Gasteiger partial charge in [0.2, 0.25) is 11.7 Å². The van der Waals surface area contributed by atoms with Crippen LogP contribution in [-0.4, -0.2) is 89.5 Å². The van der Waals surface area contributed by atoms with Crippen molar-refractivity contribution < 1.29 is 23.5 Å². The molecule has 0 radical (unpaired) electrons. The number of likely N-dealkylation sites (N-methyl/N-ethyl adjacent to an activating group) is 1. The lowest BCUT2D eigenvalue weighted by molar-refractivity contribution is -0.128. The highest BCUT2D eigenvalue weighted by Crippen LogP contribution is 2.33. The quantitative estimate of drug-likeness (QED) is 0.416. The van der Waals surface area contributed by atoms with Crippen LogP contribution in [0.2, 0.25) is 0 Å². The first-order valence-corrected chi connectivity index (χ1v) is 14.5. The molecular weight excluding hydrogens is 539 g/mol. The fourth-order valence-electron chi connectivity index (χ4n) is 6.01. The van der Waals surface area contributed by atoms with Crippen LogP contribution in [0, 0.1) is 24.1 Å². The number of aromatic nitrogens is 2. The molecule has 11 heteroatoms. The van der Waals surface area contributed by atoms with Crippen LogP contribution in [0.15, 0.2) is 30.9 Å². The summed E-state index contributed by atoms with van der Waals surface area (Å²) in [6, 6.07) is 6.72. The number of halogens is 1. The largest absolute Gasteiger partial charge is 0.462 e. The topological polar surface area (TPSA) is 112 Å². The third-order valence-corrected chi connectivity index (χ3v) is 8.54. The molecule has 42 heavy (non-hydrogen) atoms. The number of likely N-dealkylation sites (tertiary alicyclic amines) is 1. The monoisotopic (exact) mass is 576 g/mol. The van der Waals surface area contributed by atoms with E-state index in [1.807, 2.05) is 11.8 Å². The number of amides is 1. The molecular formula is C31H37FN6O4. The number of carbonyl (C=O) groups excluding carboxylic acids is 2. The van der Waals surface area contributed by atoms with Crippen LogP contribution in [0.25, 0.3) is 0 Å². The lowest BCUT2D eigenvalue weighted by Gasteiger charge is -2.41. The van der Waals surface area contributed by atoms with Crippen LogP contribution >= 0.6 is 0 Å². The number of ketones is 1. The van der Waals surface area contributed by atoms with Crippen molar-refractivity contribution in [3.05, 3.63) is 59.1 Å². The number of rotatable bonds is 9. The molecule has 2 saturated heterocycles. The van der Waals surface area contributed by atoms with E-state index in [0.29, 0.717) is 56.0 Å². The van der Waals surface area contributed by atoms with E-state index < -0.39 is 6.10 Å². The average Bonchev–Trinajstić information content (AvgIpc) is 3.41. The maximum absolute atomic E-state index is 13.8. The maximum Gasteiger partial charge on any atom is 0.319 e. The number of hydrogen-bond donors (Lipinski definition) is 0. The summed E-state index contributed by atoms with van der Waals surface area (Å²) in [5, 5.41) is 9.45. The summed E-state index contributed by atoms with van der Waals surface area (Å²) in [6.07, 6.45) is 3.74. The van der Waals surface area contributed by atoms with Gasteiger partial charge in [0, 0.05) is 31.2 Å². The second-order valence-electron chi connectivity index (χ2n) is 11.2. The predicted molar refractivity (Wildman–Crippen MR) is 154 cm³/mol. The van der Waals surface area contributed by atoms with E-state index >= 15 is 0 Å². The summed E-state index contributed by atoms with van der Waals surface area (Å²) < 4.78 is 25.9. The van der Waals surface area contributed by atoms with Gasteiger partial charge in [-0.3, -0.25) is 9.59 Å². The number of anilines is 1. The summed E-state index contributed by atoms with van der Waals surface area (Å²) in [7, 11) is 2.06. The molecule has 2 aromatic rings. The molecule has 1 amide bonds. The Hall–Kier alpha value is -3.88. The van der Waals surface area contributed by atoms with Crippen molar-refractivity contribution in [1.29, 1.82) is 5.26 Å². The molecule has 10 nitrogen and oxygen atoms in total. The Balaban J connectivity index is 1.42. The zero-order valence-electron chi connectivity index (χ0n) is 24.2. The van der Waals surface area contributed by atoms with Crippen LogP contribution in [0.3, 0.4) is 0 Å². The summed E-state index contributed by atoms with van der Waals surface area (Å²) in [5.74, 6) is -0.230.